The fraction of sp³-hybridized carbons (Fsp3) is 0.947. The Hall–Kier alpha value is -0.100. The summed E-state index contributed by atoms with van der Waals surface area (Å²) in [4.78, 5) is 14.9. The molecule has 25 heavy (non-hydrogen) atoms. The van der Waals surface area contributed by atoms with E-state index >= 15 is 0 Å². The fourth-order valence-corrected chi connectivity index (χ4v) is 8.94. The second kappa shape index (κ2) is 6.81. The number of hydrogen-bond donors (Lipinski definition) is 0. The third-order valence-corrected chi connectivity index (χ3v) is 9.56. The van der Waals surface area contributed by atoms with Crippen LogP contribution in [-0.2, 0) is 14.6 Å². The number of sulfone groups is 1. The number of nitrogens with zero attached hydrogens (tertiary/aromatic N) is 1. The predicted octanol–water partition coefficient (Wildman–Crippen LogP) is 3.78. The Morgan fingerprint density at radius 1 is 1.20 bits per heavy atom. The third kappa shape index (κ3) is 4.10. The molecule has 0 heterocycles. The van der Waals surface area contributed by atoms with Crippen LogP contribution in [0.25, 0.3) is 0 Å². The average Bonchev–Trinajstić information content (AvgIpc) is 2.43. The van der Waals surface area contributed by atoms with Gasteiger partial charge in [0.1, 0.15) is 0 Å². The lowest BCUT2D eigenvalue weighted by atomic mass is 9.48. The predicted molar refractivity (Wildman–Crippen MR) is 105 cm³/mol. The largest absolute Gasteiger partial charge is 0.339 e. The molecule has 6 heteroatoms. The summed E-state index contributed by atoms with van der Waals surface area (Å²) in [6.45, 7) is 6.09. The molecule has 0 N–H and O–H groups in total. The van der Waals surface area contributed by atoms with E-state index in [-0.39, 0.29) is 33.2 Å². The van der Waals surface area contributed by atoms with Gasteiger partial charge in [-0.3, -0.25) is 4.79 Å². The van der Waals surface area contributed by atoms with E-state index in [0.29, 0.717) is 13.0 Å². The molecule has 4 aliphatic rings. The second-order valence-electron chi connectivity index (χ2n) is 9.02. The van der Waals surface area contributed by atoms with Gasteiger partial charge in [-0.05, 0) is 69.6 Å². The minimum absolute atomic E-state index is 0.0731. The van der Waals surface area contributed by atoms with Crippen molar-refractivity contribution in [2.75, 3.05) is 18.1 Å². The maximum absolute atomic E-state index is 13.1. The van der Waals surface area contributed by atoms with Gasteiger partial charge < -0.3 is 4.90 Å². The average molecular weight is 434 g/mol. The van der Waals surface area contributed by atoms with Gasteiger partial charge in [-0.1, -0.05) is 22.9 Å². The number of carbonyl (C=O) groups excluding carboxylic acids is 1. The van der Waals surface area contributed by atoms with Crippen molar-refractivity contribution in [3.05, 3.63) is 0 Å². The lowest BCUT2D eigenvalue weighted by Gasteiger charge is -2.60. The molecule has 3 atom stereocenters. The molecule has 1 amide bonds. The highest BCUT2D eigenvalue weighted by molar-refractivity contribution is 9.10. The summed E-state index contributed by atoms with van der Waals surface area (Å²) in [5.74, 6) is 1.90. The van der Waals surface area contributed by atoms with Crippen LogP contribution in [-0.4, -0.2) is 47.6 Å². The molecule has 4 aliphatic carbocycles. The molecular formula is C19H32BrNO3S. The van der Waals surface area contributed by atoms with Crippen LogP contribution >= 0.6 is 15.9 Å². The van der Waals surface area contributed by atoms with Crippen molar-refractivity contribution < 1.29 is 13.2 Å². The first-order valence-corrected chi connectivity index (χ1v) is 12.4. The van der Waals surface area contributed by atoms with E-state index in [0.717, 1.165) is 18.3 Å². The van der Waals surface area contributed by atoms with E-state index in [2.05, 4.69) is 15.9 Å². The molecule has 0 aromatic heterocycles. The molecule has 0 spiro atoms. The summed E-state index contributed by atoms with van der Waals surface area (Å²) in [5, 5.41) is 0. The quantitative estimate of drug-likeness (QED) is 0.573. The molecule has 4 fully saturated rings. The Morgan fingerprint density at radius 3 is 2.28 bits per heavy atom. The summed E-state index contributed by atoms with van der Waals surface area (Å²) in [6, 6.07) is -0.241. The lowest BCUT2D eigenvalue weighted by Crippen LogP contribution is -2.54. The smallest absolute Gasteiger partial charge is 0.223 e. The van der Waals surface area contributed by atoms with E-state index in [1.54, 1.807) is 11.8 Å². The van der Waals surface area contributed by atoms with Gasteiger partial charge in [0.05, 0.1) is 5.75 Å². The molecule has 0 aromatic carbocycles. The summed E-state index contributed by atoms with van der Waals surface area (Å²) >= 11 is 4.01. The van der Waals surface area contributed by atoms with Crippen LogP contribution in [0.1, 0.15) is 65.7 Å². The first-order valence-electron chi connectivity index (χ1n) is 9.78. The molecule has 0 aliphatic heterocycles. The van der Waals surface area contributed by atoms with Crippen LogP contribution in [0.2, 0.25) is 0 Å². The summed E-state index contributed by atoms with van der Waals surface area (Å²) < 4.78 is 24.2. The molecule has 4 nitrogen and oxygen atoms in total. The third-order valence-electron chi connectivity index (χ3n) is 6.77. The summed E-state index contributed by atoms with van der Waals surface area (Å²) in [6.07, 6.45) is 7.94. The van der Waals surface area contributed by atoms with Gasteiger partial charge in [0.15, 0.2) is 9.84 Å². The normalized spacial score (nSPS) is 37.9. The molecule has 0 saturated heterocycles. The first-order chi connectivity index (χ1) is 11.6. The van der Waals surface area contributed by atoms with Crippen molar-refractivity contribution in [3.63, 3.8) is 0 Å². The number of carbonyl (C=O) groups is 1. The standard InChI is InChI=1S/C19H32BrNO3S/c1-4-21(14(3)12-25(23,24)5-2)17(22)11-18-7-15-6-16(8-18)10-19(20,9-15)13-18/h14-16H,4-13H2,1-3H3. The Morgan fingerprint density at radius 2 is 1.80 bits per heavy atom. The van der Waals surface area contributed by atoms with Gasteiger partial charge in [-0.15, -0.1) is 0 Å². The molecule has 3 unspecified atom stereocenters. The molecule has 4 rings (SSSR count). The SMILES string of the molecule is CCN(C(=O)CC12CC3CC(CC(Br)(C3)C1)C2)C(C)CS(=O)(=O)CC. The molecular weight excluding hydrogens is 402 g/mol. The van der Waals surface area contributed by atoms with Gasteiger partial charge >= 0.3 is 0 Å². The Labute approximate surface area is 161 Å². The maximum atomic E-state index is 13.1. The van der Waals surface area contributed by atoms with Gasteiger partial charge in [0.25, 0.3) is 0 Å². The zero-order valence-corrected chi connectivity index (χ0v) is 18.2. The second-order valence-corrected chi connectivity index (χ2v) is 13.1. The molecule has 0 aromatic rings. The molecule has 4 saturated carbocycles. The minimum Gasteiger partial charge on any atom is -0.339 e. The topological polar surface area (TPSA) is 54.5 Å². The van der Waals surface area contributed by atoms with Gasteiger partial charge in [-0.2, -0.15) is 0 Å². The molecule has 4 bridgehead atoms. The zero-order chi connectivity index (χ0) is 18.5. The van der Waals surface area contributed by atoms with Crippen molar-refractivity contribution in [1.29, 1.82) is 0 Å². The molecule has 144 valence electrons. The number of halogens is 1. The van der Waals surface area contributed by atoms with E-state index in [4.69, 9.17) is 0 Å². The van der Waals surface area contributed by atoms with Crippen LogP contribution in [0.15, 0.2) is 0 Å². The van der Waals surface area contributed by atoms with Crippen molar-refractivity contribution in [2.24, 2.45) is 17.3 Å². The lowest BCUT2D eigenvalue weighted by molar-refractivity contribution is -0.139. The van der Waals surface area contributed by atoms with Crippen molar-refractivity contribution in [3.8, 4) is 0 Å². The van der Waals surface area contributed by atoms with Crippen molar-refractivity contribution in [1.82, 2.24) is 4.90 Å². The van der Waals surface area contributed by atoms with Gasteiger partial charge in [0.2, 0.25) is 5.91 Å². The van der Waals surface area contributed by atoms with Crippen molar-refractivity contribution in [2.45, 2.75) is 76.1 Å². The maximum Gasteiger partial charge on any atom is 0.223 e. The van der Waals surface area contributed by atoms with Crippen LogP contribution < -0.4 is 0 Å². The Bertz CT molecular complexity index is 619. The summed E-state index contributed by atoms with van der Waals surface area (Å²) in [5.41, 5.74) is 0.140. The van der Waals surface area contributed by atoms with E-state index in [1.165, 1.54) is 32.1 Å². The monoisotopic (exact) mass is 433 g/mol. The number of hydrogen-bond acceptors (Lipinski definition) is 3. The molecule has 0 radical (unpaired) electrons. The highest BCUT2D eigenvalue weighted by atomic mass is 79.9. The van der Waals surface area contributed by atoms with E-state index in [1.807, 2.05) is 13.8 Å². The van der Waals surface area contributed by atoms with Gasteiger partial charge in [0, 0.05) is 29.1 Å². The van der Waals surface area contributed by atoms with E-state index in [9.17, 15) is 13.2 Å². The Kier molecular flexibility index (Phi) is 5.35. The van der Waals surface area contributed by atoms with Crippen molar-refractivity contribution >= 4 is 31.7 Å². The minimum atomic E-state index is -3.07. The van der Waals surface area contributed by atoms with Crippen LogP contribution in [0, 0.1) is 17.3 Å². The highest BCUT2D eigenvalue weighted by Crippen LogP contribution is 2.65. The number of amides is 1. The zero-order valence-electron chi connectivity index (χ0n) is 15.8. The van der Waals surface area contributed by atoms with Crippen LogP contribution in [0.5, 0.6) is 0 Å². The van der Waals surface area contributed by atoms with Gasteiger partial charge in [-0.25, -0.2) is 8.42 Å². The Balaban J connectivity index is 1.70. The number of alkyl halides is 1. The van der Waals surface area contributed by atoms with Crippen LogP contribution in [0.3, 0.4) is 0 Å². The van der Waals surface area contributed by atoms with Crippen LogP contribution in [0.4, 0.5) is 0 Å². The number of rotatable bonds is 7. The fourth-order valence-electron chi connectivity index (χ4n) is 6.27. The summed E-state index contributed by atoms with van der Waals surface area (Å²) in [7, 11) is -3.07. The highest BCUT2D eigenvalue weighted by Gasteiger charge is 2.57. The van der Waals surface area contributed by atoms with E-state index < -0.39 is 9.84 Å². The first kappa shape index (κ1) is 19.7.